The summed E-state index contributed by atoms with van der Waals surface area (Å²) in [6.07, 6.45) is 0. The zero-order valence-electron chi connectivity index (χ0n) is 19.0. The average Bonchev–Trinajstić information content (AvgIpc) is 3.26. The van der Waals surface area contributed by atoms with Gasteiger partial charge in [0.2, 0.25) is 0 Å². The van der Waals surface area contributed by atoms with Crippen LogP contribution in [0.3, 0.4) is 0 Å². The molecule has 2 heterocycles. The molecule has 0 bridgehead atoms. The maximum atomic E-state index is 4.44. The highest BCUT2D eigenvalue weighted by atomic mass is 32.2. The van der Waals surface area contributed by atoms with Gasteiger partial charge in [0, 0.05) is 26.3 Å². The Labute approximate surface area is 208 Å². The molecule has 0 fully saturated rings. The second kappa shape index (κ2) is 7.93. The van der Waals surface area contributed by atoms with Gasteiger partial charge in [-0.25, -0.2) is 0 Å². The van der Waals surface area contributed by atoms with E-state index in [4.69, 9.17) is 0 Å². The number of nitrogens with one attached hydrogen (secondary N) is 1. The largest absolute Gasteiger partial charge is 0.354 e. The van der Waals surface area contributed by atoms with Crippen LogP contribution >= 0.6 is 11.8 Å². The number of hydrogen-bond acceptors (Lipinski definition) is 2. The van der Waals surface area contributed by atoms with Gasteiger partial charge in [-0.2, -0.15) is 0 Å². The first-order chi connectivity index (χ1) is 17.3. The summed E-state index contributed by atoms with van der Waals surface area (Å²) in [5.41, 5.74) is 9.15. The third kappa shape index (κ3) is 3.28. The van der Waals surface area contributed by atoms with Gasteiger partial charge in [-0.05, 0) is 65.2 Å². The van der Waals surface area contributed by atoms with Gasteiger partial charge < -0.3 is 9.88 Å². The fraction of sp³-hybridized carbons (Fsp3) is 0. The number of benzene rings is 5. The third-order valence-electron chi connectivity index (χ3n) is 6.76. The maximum absolute atomic E-state index is 4.44. The molecule has 0 aliphatic carbocycles. The minimum atomic E-state index is 1.02. The molecule has 35 heavy (non-hydrogen) atoms. The molecule has 0 saturated heterocycles. The van der Waals surface area contributed by atoms with Crippen LogP contribution in [0.1, 0.15) is 11.1 Å². The highest BCUT2D eigenvalue weighted by Gasteiger charge is 2.17. The Kier molecular flexibility index (Phi) is 4.58. The maximum Gasteiger partial charge on any atom is 0.0541 e. The zero-order chi connectivity index (χ0) is 23.4. The van der Waals surface area contributed by atoms with E-state index in [1.165, 1.54) is 31.6 Å². The fourth-order valence-electron chi connectivity index (χ4n) is 5.01. The highest BCUT2D eigenvalue weighted by Crippen LogP contribution is 2.45. The molecular weight excluding hydrogens is 444 g/mol. The lowest BCUT2D eigenvalue weighted by atomic mass is 9.98. The van der Waals surface area contributed by atoms with Gasteiger partial charge in [0.15, 0.2) is 0 Å². The smallest absolute Gasteiger partial charge is 0.0541 e. The van der Waals surface area contributed by atoms with Gasteiger partial charge in [0.25, 0.3) is 0 Å². The second-order valence-electron chi connectivity index (χ2n) is 8.83. The van der Waals surface area contributed by atoms with Crippen molar-refractivity contribution < 1.29 is 0 Å². The summed E-state index contributed by atoms with van der Waals surface area (Å²) in [4.78, 5) is 2.49. The van der Waals surface area contributed by atoms with Crippen molar-refractivity contribution >= 4 is 50.5 Å². The van der Waals surface area contributed by atoms with Gasteiger partial charge in [0.05, 0.1) is 22.4 Å². The van der Waals surface area contributed by atoms with Crippen LogP contribution in [-0.2, 0) is 0 Å². The zero-order valence-corrected chi connectivity index (χ0v) is 19.8. The molecule has 0 radical (unpaired) electrons. The first-order valence-electron chi connectivity index (χ1n) is 11.7. The second-order valence-corrected chi connectivity index (χ2v) is 9.91. The standard InChI is InChI=1S/C32H22N2S/c1-21(23-16-19-32-28(20-23)33-27-10-4-7-13-31(27)35-32)22-14-17-24(18-15-22)34-29-11-5-2-8-25(29)26-9-3-6-12-30(26)34/h2-20,33H,1H2. The lowest BCUT2D eigenvalue weighted by Gasteiger charge is -2.21. The molecule has 7 rings (SSSR count). The van der Waals surface area contributed by atoms with Crippen LogP contribution in [0.15, 0.2) is 132 Å². The van der Waals surface area contributed by atoms with E-state index in [1.54, 1.807) is 11.8 Å². The molecule has 0 atom stereocenters. The number of rotatable bonds is 3. The van der Waals surface area contributed by atoms with E-state index in [0.29, 0.717) is 0 Å². The van der Waals surface area contributed by atoms with Crippen LogP contribution in [0.5, 0.6) is 0 Å². The Balaban J connectivity index is 1.24. The summed E-state index contributed by atoms with van der Waals surface area (Å²) >= 11 is 1.81. The Morgan fingerprint density at radius 2 is 1.20 bits per heavy atom. The Morgan fingerprint density at radius 1 is 0.600 bits per heavy atom. The molecule has 166 valence electrons. The molecule has 0 amide bonds. The van der Waals surface area contributed by atoms with Crippen LogP contribution in [0.4, 0.5) is 11.4 Å². The summed E-state index contributed by atoms with van der Waals surface area (Å²) in [6, 6.07) is 41.0. The van der Waals surface area contributed by atoms with Crippen molar-refractivity contribution in [3.8, 4) is 5.69 Å². The van der Waals surface area contributed by atoms with Crippen molar-refractivity contribution in [2.45, 2.75) is 9.79 Å². The number of aromatic nitrogens is 1. The molecule has 1 aliphatic rings. The van der Waals surface area contributed by atoms with Gasteiger partial charge in [0.1, 0.15) is 0 Å². The minimum absolute atomic E-state index is 1.02. The Morgan fingerprint density at radius 3 is 1.94 bits per heavy atom. The normalized spacial score (nSPS) is 12.2. The SMILES string of the molecule is C=C(c1ccc(-n2c3ccccc3c3ccccc32)cc1)c1ccc2c(c1)Nc1ccccc1S2. The number of hydrogen-bond donors (Lipinski definition) is 1. The molecule has 2 nitrogen and oxygen atoms in total. The van der Waals surface area contributed by atoms with E-state index < -0.39 is 0 Å². The Hall–Kier alpha value is -4.21. The lowest BCUT2D eigenvalue weighted by molar-refractivity contribution is 1.18. The number of anilines is 2. The van der Waals surface area contributed by atoms with E-state index in [9.17, 15) is 0 Å². The summed E-state index contributed by atoms with van der Waals surface area (Å²) in [6.45, 7) is 4.44. The highest BCUT2D eigenvalue weighted by molar-refractivity contribution is 7.99. The molecule has 0 spiro atoms. The minimum Gasteiger partial charge on any atom is -0.354 e. The van der Waals surface area contributed by atoms with E-state index in [1.807, 2.05) is 0 Å². The van der Waals surface area contributed by atoms with Crippen molar-refractivity contribution in [2.24, 2.45) is 0 Å². The van der Waals surface area contributed by atoms with Gasteiger partial charge in [-0.1, -0.05) is 85.1 Å². The predicted octanol–water partition coefficient (Wildman–Crippen LogP) is 9.05. The number of nitrogens with zero attached hydrogens (tertiary/aromatic N) is 1. The number of para-hydroxylation sites is 3. The van der Waals surface area contributed by atoms with E-state index >= 15 is 0 Å². The fourth-order valence-corrected chi connectivity index (χ4v) is 5.97. The van der Waals surface area contributed by atoms with Crippen LogP contribution < -0.4 is 5.32 Å². The summed E-state index contributed by atoms with van der Waals surface area (Å²) in [5, 5.41) is 6.13. The first kappa shape index (κ1) is 20.2. The van der Waals surface area contributed by atoms with Crippen LogP contribution in [0.25, 0.3) is 33.1 Å². The van der Waals surface area contributed by atoms with E-state index in [2.05, 4.69) is 132 Å². The quantitative estimate of drug-likeness (QED) is 0.280. The monoisotopic (exact) mass is 466 g/mol. The van der Waals surface area contributed by atoms with Crippen molar-refractivity contribution in [1.29, 1.82) is 0 Å². The molecule has 6 aromatic rings. The molecule has 1 N–H and O–H groups in total. The molecular formula is C32H22N2S. The topological polar surface area (TPSA) is 17.0 Å². The van der Waals surface area contributed by atoms with Crippen molar-refractivity contribution in [3.63, 3.8) is 0 Å². The molecule has 5 aromatic carbocycles. The van der Waals surface area contributed by atoms with Gasteiger partial charge >= 0.3 is 0 Å². The summed E-state index contributed by atoms with van der Waals surface area (Å²) in [7, 11) is 0. The molecule has 0 saturated carbocycles. The van der Waals surface area contributed by atoms with Crippen LogP contribution in [0, 0.1) is 0 Å². The average molecular weight is 467 g/mol. The van der Waals surface area contributed by atoms with Crippen LogP contribution in [0.2, 0.25) is 0 Å². The molecule has 3 heteroatoms. The van der Waals surface area contributed by atoms with Gasteiger partial charge in [-0.15, -0.1) is 0 Å². The van der Waals surface area contributed by atoms with Crippen molar-refractivity contribution in [3.05, 3.63) is 133 Å². The third-order valence-corrected chi connectivity index (χ3v) is 7.91. The first-order valence-corrected chi connectivity index (χ1v) is 12.5. The molecule has 1 aromatic heterocycles. The number of fused-ring (bicyclic) bond motifs is 5. The van der Waals surface area contributed by atoms with Crippen LogP contribution in [-0.4, -0.2) is 4.57 Å². The van der Waals surface area contributed by atoms with E-state index in [0.717, 1.165) is 33.8 Å². The van der Waals surface area contributed by atoms with E-state index in [-0.39, 0.29) is 0 Å². The Bertz CT molecular complexity index is 1710. The predicted molar refractivity (Wildman–Crippen MR) is 149 cm³/mol. The lowest BCUT2D eigenvalue weighted by Crippen LogP contribution is -2.00. The summed E-state index contributed by atoms with van der Waals surface area (Å²) < 4.78 is 2.34. The molecule has 0 unspecified atom stereocenters. The summed E-state index contributed by atoms with van der Waals surface area (Å²) in [5.74, 6) is 0. The van der Waals surface area contributed by atoms with Crippen molar-refractivity contribution in [2.75, 3.05) is 5.32 Å². The molecule has 1 aliphatic heterocycles. The van der Waals surface area contributed by atoms with Gasteiger partial charge in [-0.3, -0.25) is 0 Å². The van der Waals surface area contributed by atoms with Crippen molar-refractivity contribution in [1.82, 2.24) is 4.57 Å².